The molecule has 0 aliphatic heterocycles. The van der Waals surface area contributed by atoms with E-state index < -0.39 is 11.6 Å². The third kappa shape index (κ3) is 2.60. The van der Waals surface area contributed by atoms with Gasteiger partial charge < -0.3 is 5.73 Å². The molecule has 0 radical (unpaired) electrons. The van der Waals surface area contributed by atoms with Crippen LogP contribution in [0.2, 0.25) is 0 Å². The van der Waals surface area contributed by atoms with Crippen molar-refractivity contribution in [3.63, 3.8) is 0 Å². The second-order valence-corrected chi connectivity index (χ2v) is 2.90. The van der Waals surface area contributed by atoms with E-state index in [9.17, 15) is 13.2 Å². The Bertz CT molecular complexity index is 347. The SMILES string of the molecule is NCC(=CF)Cc1ccc(F)c(F)c1. The zero-order valence-electron chi connectivity index (χ0n) is 7.43. The maximum Gasteiger partial charge on any atom is 0.159 e. The highest BCUT2D eigenvalue weighted by molar-refractivity contribution is 5.23. The monoisotopic (exact) mass is 201 g/mol. The molecule has 0 spiro atoms. The predicted octanol–water partition coefficient (Wildman–Crippen LogP) is 2.32. The first kappa shape index (κ1) is 10.8. The van der Waals surface area contributed by atoms with Crippen molar-refractivity contribution in [2.75, 3.05) is 6.54 Å². The summed E-state index contributed by atoms with van der Waals surface area (Å²) in [6.45, 7) is 0.0650. The molecule has 0 atom stereocenters. The molecule has 0 fully saturated rings. The van der Waals surface area contributed by atoms with Crippen LogP contribution in [-0.4, -0.2) is 6.54 Å². The Morgan fingerprint density at radius 1 is 1.29 bits per heavy atom. The predicted molar refractivity (Wildman–Crippen MR) is 48.3 cm³/mol. The number of rotatable bonds is 3. The van der Waals surface area contributed by atoms with Gasteiger partial charge in [-0.2, -0.15) is 0 Å². The van der Waals surface area contributed by atoms with Crippen molar-refractivity contribution in [2.24, 2.45) is 5.73 Å². The molecule has 1 aromatic carbocycles. The quantitative estimate of drug-likeness (QED) is 0.797. The highest BCUT2D eigenvalue weighted by Crippen LogP contribution is 2.12. The molecule has 1 rings (SSSR count). The highest BCUT2D eigenvalue weighted by atomic mass is 19.2. The van der Waals surface area contributed by atoms with Gasteiger partial charge in [-0.15, -0.1) is 0 Å². The first-order chi connectivity index (χ1) is 6.67. The smallest absolute Gasteiger partial charge is 0.159 e. The van der Waals surface area contributed by atoms with Gasteiger partial charge in [0, 0.05) is 6.54 Å². The van der Waals surface area contributed by atoms with E-state index in [0.717, 1.165) is 12.1 Å². The van der Waals surface area contributed by atoms with Crippen LogP contribution < -0.4 is 5.73 Å². The fourth-order valence-electron chi connectivity index (χ4n) is 1.07. The molecule has 0 saturated heterocycles. The van der Waals surface area contributed by atoms with Gasteiger partial charge in [-0.25, -0.2) is 13.2 Å². The van der Waals surface area contributed by atoms with Crippen molar-refractivity contribution < 1.29 is 13.2 Å². The average Bonchev–Trinajstić information content (AvgIpc) is 2.19. The lowest BCUT2D eigenvalue weighted by atomic mass is 10.1. The molecular weight excluding hydrogens is 191 g/mol. The molecule has 1 nitrogen and oxygen atoms in total. The van der Waals surface area contributed by atoms with E-state index in [1.807, 2.05) is 0 Å². The fraction of sp³-hybridized carbons (Fsp3) is 0.200. The minimum absolute atomic E-state index is 0.0650. The third-order valence-corrected chi connectivity index (χ3v) is 1.83. The lowest BCUT2D eigenvalue weighted by molar-refractivity contribution is 0.507. The van der Waals surface area contributed by atoms with Gasteiger partial charge in [0.2, 0.25) is 0 Å². The number of hydrogen-bond acceptors (Lipinski definition) is 1. The molecule has 76 valence electrons. The summed E-state index contributed by atoms with van der Waals surface area (Å²) < 4.78 is 37.3. The van der Waals surface area contributed by atoms with Crippen LogP contribution in [-0.2, 0) is 6.42 Å². The molecule has 0 aliphatic rings. The molecule has 0 bridgehead atoms. The first-order valence-corrected chi connectivity index (χ1v) is 4.09. The van der Waals surface area contributed by atoms with E-state index in [-0.39, 0.29) is 13.0 Å². The van der Waals surface area contributed by atoms with Gasteiger partial charge in [0.15, 0.2) is 11.6 Å². The number of halogens is 3. The molecule has 2 N–H and O–H groups in total. The van der Waals surface area contributed by atoms with Crippen LogP contribution in [0.3, 0.4) is 0 Å². The Morgan fingerprint density at radius 2 is 2.00 bits per heavy atom. The topological polar surface area (TPSA) is 26.0 Å². The Balaban J connectivity index is 2.82. The third-order valence-electron chi connectivity index (χ3n) is 1.83. The molecule has 4 heteroatoms. The number of benzene rings is 1. The van der Waals surface area contributed by atoms with Crippen molar-refractivity contribution in [3.8, 4) is 0 Å². The van der Waals surface area contributed by atoms with Gasteiger partial charge in [-0.05, 0) is 29.7 Å². The Hall–Kier alpha value is -1.29. The normalized spacial score (nSPS) is 11.9. The molecule has 0 unspecified atom stereocenters. The number of nitrogens with two attached hydrogens (primary N) is 1. The van der Waals surface area contributed by atoms with E-state index in [0.29, 0.717) is 17.5 Å². The van der Waals surface area contributed by atoms with Gasteiger partial charge in [0.05, 0.1) is 6.33 Å². The van der Waals surface area contributed by atoms with Crippen LogP contribution in [0.15, 0.2) is 30.1 Å². The zero-order chi connectivity index (χ0) is 10.6. The van der Waals surface area contributed by atoms with Crippen molar-refractivity contribution in [1.29, 1.82) is 0 Å². The molecule has 0 saturated carbocycles. The minimum Gasteiger partial charge on any atom is -0.327 e. The van der Waals surface area contributed by atoms with Gasteiger partial charge in [-0.1, -0.05) is 6.07 Å². The Labute approximate surface area is 80.0 Å². The van der Waals surface area contributed by atoms with E-state index in [1.54, 1.807) is 0 Å². The van der Waals surface area contributed by atoms with Crippen LogP contribution in [0.1, 0.15) is 5.56 Å². The molecule has 0 amide bonds. The summed E-state index contributed by atoms with van der Waals surface area (Å²) in [7, 11) is 0. The van der Waals surface area contributed by atoms with Crippen molar-refractivity contribution in [1.82, 2.24) is 0 Å². The lowest BCUT2D eigenvalue weighted by Crippen LogP contribution is -2.05. The van der Waals surface area contributed by atoms with Gasteiger partial charge in [0.25, 0.3) is 0 Å². The van der Waals surface area contributed by atoms with Crippen LogP contribution >= 0.6 is 0 Å². The maximum absolute atomic E-state index is 12.7. The summed E-state index contributed by atoms with van der Waals surface area (Å²) in [5.41, 5.74) is 6.06. The molecule has 0 heterocycles. The second-order valence-electron chi connectivity index (χ2n) is 2.90. The first-order valence-electron chi connectivity index (χ1n) is 4.09. The maximum atomic E-state index is 12.7. The molecular formula is C10H10F3N. The van der Waals surface area contributed by atoms with E-state index >= 15 is 0 Å². The van der Waals surface area contributed by atoms with Crippen molar-refractivity contribution in [3.05, 3.63) is 47.3 Å². The summed E-state index contributed by atoms with van der Waals surface area (Å²) in [4.78, 5) is 0. The highest BCUT2D eigenvalue weighted by Gasteiger charge is 2.04. The largest absolute Gasteiger partial charge is 0.327 e. The minimum atomic E-state index is -0.933. The number of hydrogen-bond donors (Lipinski definition) is 1. The van der Waals surface area contributed by atoms with E-state index in [4.69, 9.17) is 5.73 Å². The second kappa shape index (κ2) is 4.81. The van der Waals surface area contributed by atoms with Crippen LogP contribution in [0, 0.1) is 11.6 Å². The molecule has 14 heavy (non-hydrogen) atoms. The van der Waals surface area contributed by atoms with Crippen LogP contribution in [0.5, 0.6) is 0 Å². The van der Waals surface area contributed by atoms with E-state index in [2.05, 4.69) is 0 Å². The van der Waals surface area contributed by atoms with Gasteiger partial charge >= 0.3 is 0 Å². The summed E-state index contributed by atoms with van der Waals surface area (Å²) in [6, 6.07) is 3.45. The van der Waals surface area contributed by atoms with Crippen molar-refractivity contribution in [2.45, 2.75) is 6.42 Å². The van der Waals surface area contributed by atoms with E-state index in [1.165, 1.54) is 6.07 Å². The van der Waals surface area contributed by atoms with Crippen LogP contribution in [0.4, 0.5) is 13.2 Å². The Morgan fingerprint density at radius 3 is 2.50 bits per heavy atom. The van der Waals surface area contributed by atoms with Crippen molar-refractivity contribution >= 4 is 0 Å². The summed E-state index contributed by atoms with van der Waals surface area (Å²) >= 11 is 0. The summed E-state index contributed by atoms with van der Waals surface area (Å²) in [5, 5.41) is 0. The summed E-state index contributed by atoms with van der Waals surface area (Å²) in [5.74, 6) is -1.84. The van der Waals surface area contributed by atoms with Gasteiger partial charge in [0.1, 0.15) is 0 Å². The summed E-state index contributed by atoms with van der Waals surface area (Å²) in [6.07, 6.45) is 0.589. The molecule has 1 aromatic rings. The standard InChI is InChI=1S/C10H10F3N/c11-5-8(6-14)3-7-1-2-9(12)10(13)4-7/h1-2,4-5H,3,6,14H2. The van der Waals surface area contributed by atoms with Gasteiger partial charge in [-0.3, -0.25) is 0 Å². The Kier molecular flexibility index (Phi) is 3.71. The zero-order valence-corrected chi connectivity index (χ0v) is 7.43. The average molecular weight is 201 g/mol. The fourth-order valence-corrected chi connectivity index (χ4v) is 1.07. The lowest BCUT2D eigenvalue weighted by Gasteiger charge is -2.03. The molecule has 0 aromatic heterocycles. The van der Waals surface area contributed by atoms with Crippen LogP contribution in [0.25, 0.3) is 0 Å². The molecule has 0 aliphatic carbocycles.